The summed E-state index contributed by atoms with van der Waals surface area (Å²) in [6.07, 6.45) is 4.08. The number of amides is 1. The average molecular weight is 354 g/mol. The van der Waals surface area contributed by atoms with E-state index in [1.807, 2.05) is 26.3 Å². The van der Waals surface area contributed by atoms with Crippen LogP contribution in [0.15, 0.2) is 5.38 Å². The van der Waals surface area contributed by atoms with Crippen molar-refractivity contribution in [2.24, 2.45) is 11.7 Å². The fraction of sp³-hybridized carbons (Fsp3) is 0.714. The van der Waals surface area contributed by atoms with Gasteiger partial charge >= 0.3 is 0 Å². The largest absolute Gasteiger partial charge is 0.340 e. The highest BCUT2D eigenvalue weighted by atomic mass is 35.5. The van der Waals surface area contributed by atoms with Crippen LogP contribution in [-0.4, -0.2) is 28.4 Å². The fourth-order valence-corrected chi connectivity index (χ4v) is 3.44. The first-order chi connectivity index (χ1) is 8.90. The number of halogens is 2. The predicted molar refractivity (Wildman–Crippen MR) is 92.4 cm³/mol. The Morgan fingerprint density at radius 2 is 2.19 bits per heavy atom. The molecule has 2 unspecified atom stereocenters. The molecule has 1 aliphatic rings. The van der Waals surface area contributed by atoms with Gasteiger partial charge < -0.3 is 10.6 Å². The molecule has 0 bridgehead atoms. The van der Waals surface area contributed by atoms with Crippen molar-refractivity contribution in [2.45, 2.75) is 51.6 Å². The van der Waals surface area contributed by atoms with E-state index in [4.69, 9.17) is 5.73 Å². The molecule has 0 spiro atoms. The maximum absolute atomic E-state index is 12.5. The molecule has 1 amide bonds. The summed E-state index contributed by atoms with van der Waals surface area (Å²) in [4.78, 5) is 18.7. The normalized spacial score (nSPS) is 24.7. The summed E-state index contributed by atoms with van der Waals surface area (Å²) in [6.45, 7) is 4.57. The zero-order valence-corrected chi connectivity index (χ0v) is 15.2. The number of thiazole rings is 1. The van der Waals surface area contributed by atoms with E-state index in [2.05, 4.69) is 4.98 Å². The summed E-state index contributed by atoms with van der Waals surface area (Å²) >= 11 is 1.62. The quantitative estimate of drug-likeness (QED) is 0.907. The second-order valence-corrected chi connectivity index (χ2v) is 6.92. The molecule has 0 aliphatic heterocycles. The van der Waals surface area contributed by atoms with Gasteiger partial charge in [0.25, 0.3) is 0 Å². The number of aromatic nitrogens is 1. The Kier molecular flexibility index (Phi) is 8.18. The van der Waals surface area contributed by atoms with Crippen LogP contribution >= 0.6 is 36.2 Å². The first kappa shape index (κ1) is 20.6. The van der Waals surface area contributed by atoms with E-state index >= 15 is 0 Å². The molecule has 1 fully saturated rings. The molecule has 1 heterocycles. The van der Waals surface area contributed by atoms with Gasteiger partial charge in [0.05, 0.1) is 23.2 Å². The van der Waals surface area contributed by atoms with Crippen LogP contribution in [0.1, 0.15) is 43.3 Å². The van der Waals surface area contributed by atoms with Gasteiger partial charge in [-0.3, -0.25) is 4.79 Å². The monoisotopic (exact) mass is 353 g/mol. The van der Waals surface area contributed by atoms with Crippen LogP contribution in [0.3, 0.4) is 0 Å². The molecule has 2 N–H and O–H groups in total. The van der Waals surface area contributed by atoms with Crippen molar-refractivity contribution in [1.82, 2.24) is 9.88 Å². The molecule has 4 nitrogen and oxygen atoms in total. The van der Waals surface area contributed by atoms with Gasteiger partial charge in [-0.2, -0.15) is 0 Å². The number of rotatable bonds is 3. The predicted octanol–water partition coefficient (Wildman–Crippen LogP) is 3.16. The second-order valence-electron chi connectivity index (χ2n) is 5.86. The van der Waals surface area contributed by atoms with Crippen LogP contribution < -0.4 is 5.73 Å². The van der Waals surface area contributed by atoms with Crippen molar-refractivity contribution in [3.63, 3.8) is 0 Å². The van der Waals surface area contributed by atoms with Crippen molar-refractivity contribution in [1.29, 1.82) is 0 Å². The van der Waals surface area contributed by atoms with E-state index in [9.17, 15) is 4.79 Å². The van der Waals surface area contributed by atoms with Gasteiger partial charge in [0.1, 0.15) is 0 Å². The Hall–Kier alpha value is -0.360. The van der Waals surface area contributed by atoms with Crippen molar-refractivity contribution in [2.75, 3.05) is 7.05 Å². The number of nitrogens with zero attached hydrogens (tertiary/aromatic N) is 2. The van der Waals surface area contributed by atoms with Crippen molar-refractivity contribution < 1.29 is 4.79 Å². The minimum atomic E-state index is -0.360. The zero-order chi connectivity index (χ0) is 14.0. The highest BCUT2D eigenvalue weighted by molar-refractivity contribution is 7.09. The van der Waals surface area contributed by atoms with Crippen LogP contribution in [0.2, 0.25) is 0 Å². The summed E-state index contributed by atoms with van der Waals surface area (Å²) in [5.41, 5.74) is 6.90. The molecule has 7 heteroatoms. The summed E-state index contributed by atoms with van der Waals surface area (Å²) in [6, 6.07) is 0. The number of nitrogens with two attached hydrogens (primary N) is 1. The Morgan fingerprint density at radius 1 is 1.52 bits per heavy atom. The van der Waals surface area contributed by atoms with Crippen molar-refractivity contribution in [3.05, 3.63) is 16.1 Å². The molecule has 1 saturated carbocycles. The van der Waals surface area contributed by atoms with E-state index in [0.29, 0.717) is 6.54 Å². The zero-order valence-electron chi connectivity index (χ0n) is 12.8. The van der Waals surface area contributed by atoms with E-state index in [0.717, 1.165) is 36.4 Å². The lowest BCUT2D eigenvalue weighted by molar-refractivity contribution is -0.138. The topological polar surface area (TPSA) is 59.2 Å². The minimum Gasteiger partial charge on any atom is -0.340 e. The molecular formula is C14H25Cl2N3OS. The Labute approximate surface area is 143 Å². The molecule has 0 aromatic carbocycles. The minimum absolute atomic E-state index is 0. The van der Waals surface area contributed by atoms with Crippen LogP contribution in [0.25, 0.3) is 0 Å². The second kappa shape index (κ2) is 8.32. The number of aryl methyl sites for hydroxylation is 1. The molecule has 2 rings (SSSR count). The van der Waals surface area contributed by atoms with Crippen LogP contribution in [0.4, 0.5) is 0 Å². The first-order valence-electron chi connectivity index (χ1n) is 6.85. The Bertz CT molecular complexity index is 465. The lowest BCUT2D eigenvalue weighted by Gasteiger charge is -2.39. The van der Waals surface area contributed by atoms with Crippen LogP contribution in [0, 0.1) is 12.8 Å². The van der Waals surface area contributed by atoms with Gasteiger partial charge in [-0.1, -0.05) is 12.8 Å². The van der Waals surface area contributed by atoms with E-state index < -0.39 is 0 Å². The van der Waals surface area contributed by atoms with Gasteiger partial charge in [0.2, 0.25) is 5.91 Å². The molecule has 0 saturated heterocycles. The third-order valence-electron chi connectivity index (χ3n) is 3.99. The SMILES string of the molecule is Cc1nc(CN(C)C(=O)C2CCCCC2(C)N)cs1.Cl.Cl. The fourth-order valence-electron chi connectivity index (χ4n) is 2.83. The maximum atomic E-state index is 12.5. The van der Waals surface area contributed by atoms with E-state index in [1.54, 1.807) is 16.2 Å². The van der Waals surface area contributed by atoms with Crippen molar-refractivity contribution in [3.8, 4) is 0 Å². The first-order valence-corrected chi connectivity index (χ1v) is 7.73. The number of hydrogen-bond acceptors (Lipinski definition) is 4. The average Bonchev–Trinajstić information content (AvgIpc) is 2.73. The van der Waals surface area contributed by atoms with Crippen LogP contribution in [-0.2, 0) is 11.3 Å². The maximum Gasteiger partial charge on any atom is 0.227 e. The molecule has 1 aromatic heterocycles. The van der Waals surface area contributed by atoms with Gasteiger partial charge in [0.15, 0.2) is 0 Å². The number of carbonyl (C=O) groups is 1. The number of hydrogen-bond donors (Lipinski definition) is 1. The van der Waals surface area contributed by atoms with Gasteiger partial charge in [-0.15, -0.1) is 36.2 Å². The highest BCUT2D eigenvalue weighted by Crippen LogP contribution is 2.33. The molecule has 1 aliphatic carbocycles. The van der Waals surface area contributed by atoms with E-state index in [1.165, 1.54) is 0 Å². The van der Waals surface area contributed by atoms with Crippen LogP contribution in [0.5, 0.6) is 0 Å². The molecule has 122 valence electrons. The Morgan fingerprint density at radius 3 is 2.71 bits per heavy atom. The summed E-state index contributed by atoms with van der Waals surface area (Å²) < 4.78 is 0. The molecular weight excluding hydrogens is 329 g/mol. The third kappa shape index (κ3) is 5.09. The standard InChI is InChI=1S/C14H23N3OS.2ClH/c1-10-16-11(9-19-10)8-17(3)13(18)12-6-4-5-7-14(12,2)15;;/h9,12H,4-8,15H2,1-3H3;2*1H. The lowest BCUT2D eigenvalue weighted by atomic mass is 9.74. The van der Waals surface area contributed by atoms with Crippen molar-refractivity contribution >= 4 is 42.1 Å². The van der Waals surface area contributed by atoms with E-state index in [-0.39, 0.29) is 42.2 Å². The molecule has 1 aromatic rings. The molecule has 2 atom stereocenters. The summed E-state index contributed by atoms with van der Waals surface area (Å²) in [7, 11) is 1.85. The van der Waals surface area contributed by atoms with Gasteiger partial charge in [-0.05, 0) is 26.7 Å². The van der Waals surface area contributed by atoms with Gasteiger partial charge in [0, 0.05) is 18.0 Å². The smallest absolute Gasteiger partial charge is 0.227 e. The highest BCUT2D eigenvalue weighted by Gasteiger charge is 2.39. The number of carbonyl (C=O) groups excluding carboxylic acids is 1. The summed E-state index contributed by atoms with van der Waals surface area (Å²) in [5.74, 6) is 0.112. The Balaban J connectivity index is 0.00000200. The molecule has 0 radical (unpaired) electrons. The molecule has 21 heavy (non-hydrogen) atoms. The third-order valence-corrected chi connectivity index (χ3v) is 4.82. The lowest BCUT2D eigenvalue weighted by Crippen LogP contribution is -2.53. The summed E-state index contributed by atoms with van der Waals surface area (Å²) in [5, 5.41) is 3.05. The van der Waals surface area contributed by atoms with Gasteiger partial charge in [-0.25, -0.2) is 4.98 Å².